The van der Waals surface area contributed by atoms with Gasteiger partial charge in [-0.2, -0.15) is 5.26 Å². The molecule has 17 heavy (non-hydrogen) atoms. The molecule has 3 heteroatoms. The summed E-state index contributed by atoms with van der Waals surface area (Å²) in [6.45, 7) is 2.25. The number of pyridine rings is 1. The number of hydrogen-bond donors (Lipinski definition) is 0. The van der Waals surface area contributed by atoms with Gasteiger partial charge in [-0.3, -0.25) is 4.98 Å². The van der Waals surface area contributed by atoms with E-state index in [1.165, 1.54) is 12.8 Å². The van der Waals surface area contributed by atoms with Gasteiger partial charge in [0.15, 0.2) is 0 Å². The summed E-state index contributed by atoms with van der Waals surface area (Å²) in [6.07, 6.45) is 8.99. The highest BCUT2D eigenvalue weighted by molar-refractivity contribution is 9.10. The van der Waals surface area contributed by atoms with Crippen molar-refractivity contribution in [1.29, 1.82) is 5.26 Å². The van der Waals surface area contributed by atoms with Crippen LogP contribution in [0.3, 0.4) is 0 Å². The predicted molar refractivity (Wildman–Crippen MR) is 71.3 cm³/mol. The van der Waals surface area contributed by atoms with E-state index in [1.54, 1.807) is 6.20 Å². The highest BCUT2D eigenvalue weighted by Gasteiger charge is 2.35. The van der Waals surface area contributed by atoms with Crippen LogP contribution in [0.25, 0.3) is 0 Å². The molecule has 0 aromatic carbocycles. The number of halogens is 1. The van der Waals surface area contributed by atoms with Crippen LogP contribution in [0.1, 0.15) is 38.2 Å². The standard InChI is InChI=1S/C14H17BrN2/c1-11-3-2-4-14(6-11,10-16)7-12-5-13(15)9-17-8-12/h5,8-9,11H,2-4,6-7H2,1H3. The van der Waals surface area contributed by atoms with E-state index in [1.807, 2.05) is 6.20 Å². The minimum atomic E-state index is -0.167. The molecule has 0 saturated heterocycles. The average Bonchev–Trinajstić information content (AvgIpc) is 2.29. The Labute approximate surface area is 111 Å². The van der Waals surface area contributed by atoms with Gasteiger partial charge in [0.1, 0.15) is 0 Å². The van der Waals surface area contributed by atoms with E-state index >= 15 is 0 Å². The first kappa shape index (κ1) is 12.6. The van der Waals surface area contributed by atoms with Crippen molar-refractivity contribution in [1.82, 2.24) is 4.98 Å². The smallest absolute Gasteiger partial charge is 0.0693 e. The average molecular weight is 293 g/mol. The summed E-state index contributed by atoms with van der Waals surface area (Å²) < 4.78 is 0.993. The van der Waals surface area contributed by atoms with Crippen LogP contribution < -0.4 is 0 Å². The summed E-state index contributed by atoms with van der Waals surface area (Å²) >= 11 is 3.43. The molecular formula is C14H17BrN2. The molecule has 2 nitrogen and oxygen atoms in total. The molecule has 2 atom stereocenters. The summed E-state index contributed by atoms with van der Waals surface area (Å²) in [4.78, 5) is 4.18. The summed E-state index contributed by atoms with van der Waals surface area (Å²) in [5.41, 5.74) is 0.996. The lowest BCUT2D eigenvalue weighted by molar-refractivity contribution is 0.209. The fourth-order valence-electron chi connectivity index (χ4n) is 2.90. The van der Waals surface area contributed by atoms with E-state index < -0.39 is 0 Å². The Bertz CT molecular complexity index is 438. The van der Waals surface area contributed by atoms with Gasteiger partial charge in [0.25, 0.3) is 0 Å². The third kappa shape index (κ3) is 3.07. The molecule has 1 aromatic heterocycles. The second-order valence-electron chi connectivity index (χ2n) is 5.28. The summed E-state index contributed by atoms with van der Waals surface area (Å²) in [7, 11) is 0. The number of hydrogen-bond acceptors (Lipinski definition) is 2. The van der Waals surface area contributed by atoms with E-state index in [4.69, 9.17) is 0 Å². The van der Waals surface area contributed by atoms with Gasteiger partial charge in [0.2, 0.25) is 0 Å². The maximum Gasteiger partial charge on any atom is 0.0693 e. The zero-order chi connectivity index (χ0) is 12.3. The van der Waals surface area contributed by atoms with Crippen LogP contribution >= 0.6 is 15.9 Å². The fourth-order valence-corrected chi connectivity index (χ4v) is 3.32. The zero-order valence-electron chi connectivity index (χ0n) is 10.1. The van der Waals surface area contributed by atoms with Crippen LogP contribution in [-0.4, -0.2) is 4.98 Å². The Kier molecular flexibility index (Phi) is 3.83. The molecule has 0 amide bonds. The molecule has 90 valence electrons. The number of rotatable bonds is 2. The molecule has 0 radical (unpaired) electrons. The first-order valence-corrected chi connectivity index (χ1v) is 6.93. The second kappa shape index (κ2) is 5.18. The monoisotopic (exact) mass is 292 g/mol. The molecule has 1 fully saturated rings. The van der Waals surface area contributed by atoms with Gasteiger partial charge in [0.05, 0.1) is 11.5 Å². The third-order valence-electron chi connectivity index (χ3n) is 3.63. The van der Waals surface area contributed by atoms with Gasteiger partial charge in [0, 0.05) is 16.9 Å². The maximum absolute atomic E-state index is 9.51. The Morgan fingerprint density at radius 3 is 3.06 bits per heavy atom. The molecule has 1 heterocycles. The van der Waals surface area contributed by atoms with Crippen molar-refractivity contribution in [3.63, 3.8) is 0 Å². The zero-order valence-corrected chi connectivity index (χ0v) is 11.7. The van der Waals surface area contributed by atoms with Crippen molar-refractivity contribution >= 4 is 15.9 Å². The molecule has 2 unspecified atom stereocenters. The lowest BCUT2D eigenvalue weighted by Gasteiger charge is -2.34. The highest BCUT2D eigenvalue weighted by Crippen LogP contribution is 2.41. The van der Waals surface area contributed by atoms with Crippen LogP contribution in [0.15, 0.2) is 22.9 Å². The maximum atomic E-state index is 9.51. The molecule has 1 aromatic rings. The lowest BCUT2D eigenvalue weighted by atomic mass is 9.68. The molecule has 0 spiro atoms. The first-order valence-electron chi connectivity index (χ1n) is 6.14. The van der Waals surface area contributed by atoms with Gasteiger partial charge >= 0.3 is 0 Å². The topological polar surface area (TPSA) is 36.7 Å². The summed E-state index contributed by atoms with van der Waals surface area (Å²) in [5.74, 6) is 0.670. The highest BCUT2D eigenvalue weighted by atomic mass is 79.9. The van der Waals surface area contributed by atoms with Crippen molar-refractivity contribution in [2.24, 2.45) is 11.3 Å². The van der Waals surface area contributed by atoms with Gasteiger partial charge in [-0.1, -0.05) is 19.8 Å². The molecule has 1 aliphatic carbocycles. The van der Waals surface area contributed by atoms with Gasteiger partial charge < -0.3 is 0 Å². The van der Waals surface area contributed by atoms with Gasteiger partial charge in [-0.05, 0) is 52.7 Å². The molecule has 0 aliphatic heterocycles. The SMILES string of the molecule is CC1CCCC(C#N)(Cc2cncc(Br)c2)C1. The van der Waals surface area contributed by atoms with Crippen molar-refractivity contribution in [3.05, 3.63) is 28.5 Å². The summed E-state index contributed by atoms with van der Waals surface area (Å²) in [6, 6.07) is 4.65. The van der Waals surface area contributed by atoms with Crippen molar-refractivity contribution in [3.8, 4) is 6.07 Å². The molecule has 0 bridgehead atoms. The van der Waals surface area contributed by atoms with Crippen LogP contribution in [-0.2, 0) is 6.42 Å². The number of nitrogens with zero attached hydrogens (tertiary/aromatic N) is 2. The van der Waals surface area contributed by atoms with E-state index in [0.29, 0.717) is 5.92 Å². The molecule has 1 aliphatic rings. The largest absolute Gasteiger partial charge is 0.263 e. The Morgan fingerprint density at radius 1 is 1.59 bits per heavy atom. The predicted octanol–water partition coefficient (Wildman–Crippen LogP) is 4.11. The van der Waals surface area contributed by atoms with Crippen LogP contribution in [0.5, 0.6) is 0 Å². The lowest BCUT2D eigenvalue weighted by Crippen LogP contribution is -2.28. The molecule has 0 N–H and O–H groups in total. The Hall–Kier alpha value is -0.880. The van der Waals surface area contributed by atoms with Gasteiger partial charge in [-0.15, -0.1) is 0 Å². The molecular weight excluding hydrogens is 276 g/mol. The van der Waals surface area contributed by atoms with E-state index in [9.17, 15) is 5.26 Å². The van der Waals surface area contributed by atoms with E-state index in [0.717, 1.165) is 29.3 Å². The number of aromatic nitrogens is 1. The number of nitriles is 1. The van der Waals surface area contributed by atoms with Crippen molar-refractivity contribution < 1.29 is 0 Å². The Morgan fingerprint density at radius 2 is 2.41 bits per heavy atom. The molecule has 2 rings (SSSR count). The molecule has 1 saturated carbocycles. The second-order valence-corrected chi connectivity index (χ2v) is 6.20. The van der Waals surface area contributed by atoms with Crippen LogP contribution in [0, 0.1) is 22.7 Å². The van der Waals surface area contributed by atoms with Crippen LogP contribution in [0.2, 0.25) is 0 Å². The Balaban J connectivity index is 2.17. The van der Waals surface area contributed by atoms with E-state index in [-0.39, 0.29) is 5.41 Å². The first-order chi connectivity index (χ1) is 8.13. The normalized spacial score (nSPS) is 28.6. The third-order valence-corrected chi connectivity index (χ3v) is 4.07. The fraction of sp³-hybridized carbons (Fsp3) is 0.571. The minimum absolute atomic E-state index is 0.167. The van der Waals surface area contributed by atoms with Crippen molar-refractivity contribution in [2.45, 2.75) is 39.0 Å². The minimum Gasteiger partial charge on any atom is -0.263 e. The van der Waals surface area contributed by atoms with Crippen LogP contribution in [0.4, 0.5) is 0 Å². The van der Waals surface area contributed by atoms with E-state index in [2.05, 4.69) is 40.0 Å². The summed E-state index contributed by atoms with van der Waals surface area (Å²) in [5, 5.41) is 9.51. The quantitative estimate of drug-likeness (QED) is 0.823. The van der Waals surface area contributed by atoms with Crippen molar-refractivity contribution in [2.75, 3.05) is 0 Å². The van der Waals surface area contributed by atoms with Gasteiger partial charge in [-0.25, -0.2) is 0 Å².